The fraction of sp³-hybridized carbons (Fsp3) is 0.321. The second kappa shape index (κ2) is 10.7. The molecule has 0 aliphatic heterocycles. The van der Waals surface area contributed by atoms with Crippen molar-refractivity contribution in [3.63, 3.8) is 0 Å². The number of hydrogen-bond acceptors (Lipinski definition) is 4. The first-order valence-corrected chi connectivity index (χ1v) is 12.9. The first-order valence-electron chi connectivity index (χ1n) is 12.1. The van der Waals surface area contributed by atoms with Crippen LogP contribution in [-0.4, -0.2) is 37.5 Å². The summed E-state index contributed by atoms with van der Waals surface area (Å²) in [6.45, 7) is 8.78. The number of rotatable bonds is 7. The van der Waals surface area contributed by atoms with Gasteiger partial charge in [-0.15, -0.1) is 0 Å². The lowest BCUT2D eigenvalue weighted by Crippen LogP contribution is -2.37. The lowest BCUT2D eigenvalue weighted by molar-refractivity contribution is 0.0231. The van der Waals surface area contributed by atoms with Crippen LogP contribution in [0, 0.1) is 0 Å². The number of fused-ring (bicyclic) bond motifs is 1. The number of aromatic nitrogens is 3. The van der Waals surface area contributed by atoms with Gasteiger partial charge in [0.25, 0.3) is 5.56 Å². The Bertz CT molecular complexity index is 1400. The van der Waals surface area contributed by atoms with Crippen LogP contribution in [0.25, 0.3) is 28.2 Å². The van der Waals surface area contributed by atoms with Crippen LogP contribution < -0.4 is 5.56 Å². The number of H-pyrrole nitrogens is 1. The van der Waals surface area contributed by atoms with Gasteiger partial charge in [0.15, 0.2) is 0 Å². The van der Waals surface area contributed by atoms with Gasteiger partial charge in [0.2, 0.25) is 5.78 Å². The number of nitrogens with one attached hydrogen (secondary N) is 1. The molecule has 0 bridgehead atoms. The normalized spacial score (nSPS) is 11.6. The molecule has 0 spiro atoms. The second-order valence-corrected chi connectivity index (χ2v) is 10.7. The maximum Gasteiger partial charge on any atom is 0.410 e. The van der Waals surface area contributed by atoms with Gasteiger partial charge < -0.3 is 9.64 Å². The van der Waals surface area contributed by atoms with Gasteiger partial charge in [-0.05, 0) is 50.5 Å². The van der Waals surface area contributed by atoms with Crippen LogP contribution in [0.1, 0.15) is 46.1 Å². The highest BCUT2D eigenvalue weighted by molar-refractivity contribution is 9.10. The molecule has 2 aromatic carbocycles. The topological polar surface area (TPSA) is 79.7 Å². The lowest BCUT2D eigenvalue weighted by atomic mass is 10.1. The van der Waals surface area contributed by atoms with Crippen LogP contribution in [0.2, 0.25) is 0 Å². The molecule has 2 heterocycles. The van der Waals surface area contributed by atoms with Crippen LogP contribution in [0.5, 0.6) is 0 Å². The van der Waals surface area contributed by atoms with Crippen molar-refractivity contribution >= 4 is 27.8 Å². The number of halogens is 1. The molecule has 0 aliphatic rings. The number of benzene rings is 2. The Balaban J connectivity index is 1.56. The quantitative estimate of drug-likeness (QED) is 0.279. The number of carbonyl (C=O) groups excluding carboxylic acids is 1. The Labute approximate surface area is 219 Å². The lowest BCUT2D eigenvalue weighted by Gasteiger charge is -2.27. The zero-order valence-corrected chi connectivity index (χ0v) is 22.6. The molecule has 0 atom stereocenters. The maximum absolute atomic E-state index is 12.8. The summed E-state index contributed by atoms with van der Waals surface area (Å²) in [5.41, 5.74) is 3.29. The van der Waals surface area contributed by atoms with E-state index >= 15 is 0 Å². The summed E-state index contributed by atoms with van der Waals surface area (Å²) < 4.78 is 8.41. The Morgan fingerprint density at radius 3 is 2.36 bits per heavy atom. The molecule has 0 saturated heterocycles. The molecular formula is C28H31BrN4O3. The molecule has 1 N–H and O–H groups in total. The number of aromatic amines is 1. The van der Waals surface area contributed by atoms with E-state index in [9.17, 15) is 9.59 Å². The molecule has 8 heteroatoms. The SMILES string of the molecule is CCCCN(Cc1ccc(-c2cn3cc(-c4ccc(Br)cc4)nc3[nH]c2=O)cc1)C(=O)OC(C)(C)C. The van der Waals surface area contributed by atoms with E-state index < -0.39 is 5.60 Å². The Morgan fingerprint density at radius 1 is 1.06 bits per heavy atom. The van der Waals surface area contributed by atoms with E-state index in [0.29, 0.717) is 24.4 Å². The van der Waals surface area contributed by atoms with Gasteiger partial charge in [0.05, 0.1) is 11.3 Å². The number of unbranched alkanes of at least 4 members (excludes halogenated alkanes) is 1. The molecule has 0 unspecified atom stereocenters. The van der Waals surface area contributed by atoms with Crippen molar-refractivity contribution in [1.29, 1.82) is 0 Å². The van der Waals surface area contributed by atoms with Crippen molar-refractivity contribution in [2.24, 2.45) is 0 Å². The van der Waals surface area contributed by atoms with Gasteiger partial charge in [-0.2, -0.15) is 0 Å². The van der Waals surface area contributed by atoms with Crippen molar-refractivity contribution in [2.75, 3.05) is 6.54 Å². The zero-order chi connectivity index (χ0) is 25.9. The van der Waals surface area contributed by atoms with Gasteiger partial charge in [-0.25, -0.2) is 9.78 Å². The first-order chi connectivity index (χ1) is 17.1. The molecule has 0 aliphatic carbocycles. The van der Waals surface area contributed by atoms with Gasteiger partial charge in [0, 0.05) is 35.5 Å². The largest absolute Gasteiger partial charge is 0.444 e. The predicted molar refractivity (Wildman–Crippen MR) is 146 cm³/mol. The molecule has 4 aromatic rings. The number of nitrogens with zero attached hydrogens (tertiary/aromatic N) is 3. The summed E-state index contributed by atoms with van der Waals surface area (Å²) >= 11 is 3.45. The second-order valence-electron chi connectivity index (χ2n) is 9.81. The van der Waals surface area contributed by atoms with E-state index in [-0.39, 0.29) is 11.7 Å². The van der Waals surface area contributed by atoms with E-state index in [2.05, 4.69) is 32.8 Å². The number of hydrogen-bond donors (Lipinski definition) is 1. The van der Waals surface area contributed by atoms with Gasteiger partial charge in [-0.3, -0.25) is 14.2 Å². The monoisotopic (exact) mass is 550 g/mol. The summed E-state index contributed by atoms with van der Waals surface area (Å²) in [6, 6.07) is 15.6. The third kappa shape index (κ3) is 6.23. The summed E-state index contributed by atoms with van der Waals surface area (Å²) in [7, 11) is 0. The Morgan fingerprint density at radius 2 is 1.72 bits per heavy atom. The van der Waals surface area contributed by atoms with Gasteiger partial charge in [0.1, 0.15) is 5.60 Å². The minimum absolute atomic E-state index is 0.207. The highest BCUT2D eigenvalue weighted by Crippen LogP contribution is 2.23. The van der Waals surface area contributed by atoms with Gasteiger partial charge in [-0.1, -0.05) is 65.7 Å². The van der Waals surface area contributed by atoms with E-state index in [0.717, 1.165) is 39.7 Å². The van der Waals surface area contributed by atoms with Crippen LogP contribution in [0.15, 0.2) is 70.2 Å². The summed E-state index contributed by atoms with van der Waals surface area (Å²) in [5, 5.41) is 0. The molecular weight excluding hydrogens is 520 g/mol. The molecule has 188 valence electrons. The number of ether oxygens (including phenoxy) is 1. The molecule has 7 nitrogen and oxygen atoms in total. The summed E-state index contributed by atoms with van der Waals surface area (Å²) in [4.78, 5) is 34.7. The third-order valence-electron chi connectivity index (χ3n) is 5.68. The molecule has 1 amide bonds. The third-order valence-corrected chi connectivity index (χ3v) is 6.21. The van der Waals surface area contributed by atoms with Gasteiger partial charge >= 0.3 is 6.09 Å². The average Bonchev–Trinajstić information content (AvgIpc) is 3.23. The highest BCUT2D eigenvalue weighted by atomic mass is 79.9. The zero-order valence-electron chi connectivity index (χ0n) is 21.0. The van der Waals surface area contributed by atoms with E-state index in [1.165, 1.54) is 0 Å². The van der Waals surface area contributed by atoms with Crippen LogP contribution >= 0.6 is 15.9 Å². The van der Waals surface area contributed by atoms with Crippen LogP contribution in [0.4, 0.5) is 4.79 Å². The Hall–Kier alpha value is -3.39. The Kier molecular flexibility index (Phi) is 7.64. The van der Waals surface area contributed by atoms with Crippen molar-refractivity contribution in [2.45, 2.75) is 52.7 Å². The number of imidazole rings is 1. The number of carbonyl (C=O) groups is 1. The first kappa shape index (κ1) is 25.7. The fourth-order valence-corrected chi connectivity index (χ4v) is 4.10. The van der Waals surface area contributed by atoms with Crippen LogP contribution in [-0.2, 0) is 11.3 Å². The summed E-state index contributed by atoms with van der Waals surface area (Å²) in [6.07, 6.45) is 5.27. The fourth-order valence-electron chi connectivity index (χ4n) is 3.84. The molecule has 0 saturated carbocycles. The number of amides is 1. The van der Waals surface area contributed by atoms with E-state index in [1.54, 1.807) is 11.1 Å². The molecule has 2 aromatic heterocycles. The van der Waals surface area contributed by atoms with Crippen molar-refractivity contribution in [1.82, 2.24) is 19.3 Å². The van der Waals surface area contributed by atoms with E-state index in [4.69, 9.17) is 4.74 Å². The highest BCUT2D eigenvalue weighted by Gasteiger charge is 2.22. The standard InChI is InChI=1S/C28H31BrN4O3/c1-5-6-15-32(27(35)36-28(2,3)4)16-19-7-9-20(10-8-19)23-17-33-18-24(30-26(33)31-25(23)34)21-11-13-22(29)14-12-21/h7-14,17-18H,5-6,15-16H2,1-4H3,(H,30,31,34). The average molecular weight is 551 g/mol. The van der Waals surface area contributed by atoms with Crippen LogP contribution in [0.3, 0.4) is 0 Å². The van der Waals surface area contributed by atoms with Crippen molar-refractivity contribution in [3.8, 4) is 22.4 Å². The van der Waals surface area contributed by atoms with Crippen molar-refractivity contribution in [3.05, 3.63) is 81.3 Å². The predicted octanol–water partition coefficient (Wildman–Crippen LogP) is 6.66. The molecule has 0 fully saturated rings. The smallest absolute Gasteiger partial charge is 0.410 e. The summed E-state index contributed by atoms with van der Waals surface area (Å²) in [5.74, 6) is 0.488. The van der Waals surface area contributed by atoms with Crippen molar-refractivity contribution < 1.29 is 9.53 Å². The maximum atomic E-state index is 12.8. The molecule has 0 radical (unpaired) electrons. The minimum atomic E-state index is -0.546. The molecule has 4 rings (SSSR count). The molecule has 36 heavy (non-hydrogen) atoms. The van der Waals surface area contributed by atoms with E-state index in [1.807, 2.05) is 79.9 Å². The minimum Gasteiger partial charge on any atom is -0.444 e.